The number of aromatic nitrogens is 2. The molecule has 3 rings (SSSR count). The maximum atomic E-state index is 6.40. The van der Waals surface area contributed by atoms with Crippen molar-refractivity contribution in [2.24, 2.45) is 10.7 Å². The van der Waals surface area contributed by atoms with E-state index >= 15 is 0 Å². The molecular weight excluding hydrogens is 240 g/mol. The molecule has 1 aliphatic rings. The van der Waals surface area contributed by atoms with Crippen molar-refractivity contribution in [2.45, 2.75) is 5.66 Å². The van der Waals surface area contributed by atoms with E-state index in [9.17, 15) is 0 Å². The molecule has 0 bridgehead atoms. The fraction of sp³-hybridized carbons (Fsp3) is 0.231. The van der Waals surface area contributed by atoms with Gasteiger partial charge in [0.15, 0.2) is 5.66 Å². The first kappa shape index (κ1) is 11.7. The third-order valence-electron chi connectivity index (χ3n) is 3.23. The van der Waals surface area contributed by atoms with Gasteiger partial charge in [0.25, 0.3) is 0 Å². The molecule has 4 N–H and O–H groups in total. The lowest BCUT2D eigenvalue weighted by Gasteiger charge is -2.29. The van der Waals surface area contributed by atoms with Crippen LogP contribution in [0.4, 0.5) is 0 Å². The predicted molar refractivity (Wildman–Crippen MR) is 75.4 cm³/mol. The van der Waals surface area contributed by atoms with Gasteiger partial charge in [0.2, 0.25) is 0 Å². The summed E-state index contributed by atoms with van der Waals surface area (Å²) in [5.41, 5.74) is 7.46. The summed E-state index contributed by atoms with van der Waals surface area (Å²) in [6, 6.07) is 5.94. The van der Waals surface area contributed by atoms with Crippen LogP contribution in [0.15, 0.2) is 41.3 Å². The highest BCUT2D eigenvalue weighted by Crippen LogP contribution is 2.27. The van der Waals surface area contributed by atoms with Crippen molar-refractivity contribution in [3.8, 4) is 0 Å². The van der Waals surface area contributed by atoms with Gasteiger partial charge in [-0.2, -0.15) is 5.10 Å². The SMILES string of the molecule is CN(C)C1=CC(N)(c2ccc3[nH]ncc3c2)N=CN1. The van der Waals surface area contributed by atoms with Crippen LogP contribution in [0.1, 0.15) is 5.56 Å². The van der Waals surface area contributed by atoms with E-state index in [1.807, 2.05) is 43.3 Å². The second kappa shape index (κ2) is 4.10. The van der Waals surface area contributed by atoms with E-state index in [1.165, 1.54) is 0 Å². The first-order chi connectivity index (χ1) is 9.08. The smallest absolute Gasteiger partial charge is 0.158 e. The normalized spacial score (nSPS) is 22.2. The first-order valence-corrected chi connectivity index (χ1v) is 6.01. The van der Waals surface area contributed by atoms with Crippen molar-refractivity contribution in [1.82, 2.24) is 20.4 Å². The van der Waals surface area contributed by atoms with Crippen molar-refractivity contribution in [3.63, 3.8) is 0 Å². The lowest BCUT2D eigenvalue weighted by Crippen LogP contribution is -2.40. The van der Waals surface area contributed by atoms with E-state index in [-0.39, 0.29) is 0 Å². The van der Waals surface area contributed by atoms with Gasteiger partial charge < -0.3 is 10.2 Å². The summed E-state index contributed by atoms with van der Waals surface area (Å²) in [5, 5.41) is 11.0. The second-order valence-corrected chi connectivity index (χ2v) is 4.82. The van der Waals surface area contributed by atoms with Crippen LogP contribution in [0.5, 0.6) is 0 Å². The van der Waals surface area contributed by atoms with Crippen LogP contribution >= 0.6 is 0 Å². The standard InChI is InChI=1S/C13H16N6/c1-19(2)12-6-13(14,16-8-15-12)10-3-4-11-9(5-10)7-17-18-11/h3-8H,14H2,1-2H3,(H,15,16)(H,17,18). The van der Waals surface area contributed by atoms with Crippen LogP contribution in [-0.2, 0) is 5.66 Å². The Hall–Kier alpha value is -2.34. The van der Waals surface area contributed by atoms with Crippen LogP contribution in [0.25, 0.3) is 10.9 Å². The third kappa shape index (κ3) is 1.96. The van der Waals surface area contributed by atoms with Crippen molar-refractivity contribution in [3.05, 3.63) is 41.9 Å². The van der Waals surface area contributed by atoms with Gasteiger partial charge in [-0.1, -0.05) is 6.07 Å². The Morgan fingerprint density at radius 1 is 1.32 bits per heavy atom. The lowest BCUT2D eigenvalue weighted by molar-refractivity contribution is 0.457. The number of nitrogens with two attached hydrogens (primary N) is 1. The summed E-state index contributed by atoms with van der Waals surface area (Å²) in [7, 11) is 3.91. The molecule has 6 nitrogen and oxygen atoms in total. The zero-order valence-corrected chi connectivity index (χ0v) is 10.9. The molecule has 0 saturated heterocycles. The van der Waals surface area contributed by atoms with Gasteiger partial charge >= 0.3 is 0 Å². The predicted octanol–water partition coefficient (Wildman–Crippen LogP) is 0.709. The largest absolute Gasteiger partial charge is 0.364 e. The van der Waals surface area contributed by atoms with E-state index in [0.29, 0.717) is 0 Å². The maximum Gasteiger partial charge on any atom is 0.158 e. The molecule has 0 amide bonds. The highest BCUT2D eigenvalue weighted by Gasteiger charge is 2.27. The van der Waals surface area contributed by atoms with Gasteiger partial charge in [-0.3, -0.25) is 10.8 Å². The van der Waals surface area contributed by atoms with E-state index in [1.54, 1.807) is 12.5 Å². The van der Waals surface area contributed by atoms with Crippen molar-refractivity contribution >= 4 is 17.2 Å². The summed E-state index contributed by atoms with van der Waals surface area (Å²) in [5.74, 6) is 0.921. The monoisotopic (exact) mass is 256 g/mol. The van der Waals surface area contributed by atoms with E-state index in [2.05, 4.69) is 20.5 Å². The number of nitrogens with one attached hydrogen (secondary N) is 2. The van der Waals surface area contributed by atoms with Crippen LogP contribution in [0, 0.1) is 0 Å². The highest BCUT2D eigenvalue weighted by atomic mass is 15.2. The molecule has 1 unspecified atom stereocenters. The number of nitrogens with zero attached hydrogens (tertiary/aromatic N) is 3. The van der Waals surface area contributed by atoms with Gasteiger partial charge in [0, 0.05) is 25.6 Å². The lowest BCUT2D eigenvalue weighted by atomic mass is 9.98. The van der Waals surface area contributed by atoms with Crippen molar-refractivity contribution < 1.29 is 0 Å². The fourth-order valence-electron chi connectivity index (χ4n) is 2.10. The molecule has 1 aromatic heterocycles. The van der Waals surface area contributed by atoms with Gasteiger partial charge in [-0.05, 0) is 17.7 Å². The minimum absolute atomic E-state index is 0.851. The minimum Gasteiger partial charge on any atom is -0.364 e. The van der Waals surface area contributed by atoms with Crippen LogP contribution in [0.3, 0.4) is 0 Å². The molecule has 2 heterocycles. The second-order valence-electron chi connectivity index (χ2n) is 4.82. The molecule has 0 spiro atoms. The number of aromatic amines is 1. The Bertz CT molecular complexity index is 669. The molecule has 2 aromatic rings. The summed E-state index contributed by atoms with van der Waals surface area (Å²) in [6.07, 6.45) is 5.33. The number of hydrogen-bond acceptors (Lipinski definition) is 5. The molecule has 0 saturated carbocycles. The van der Waals surface area contributed by atoms with Gasteiger partial charge in [0.05, 0.1) is 18.1 Å². The quantitative estimate of drug-likeness (QED) is 0.739. The third-order valence-corrected chi connectivity index (χ3v) is 3.23. The number of aliphatic imine (C=N–C) groups is 1. The summed E-state index contributed by atoms with van der Waals surface area (Å²) in [6.45, 7) is 0. The van der Waals surface area contributed by atoms with Crippen LogP contribution < -0.4 is 11.1 Å². The number of hydrogen-bond donors (Lipinski definition) is 3. The Morgan fingerprint density at radius 3 is 2.95 bits per heavy atom. The molecule has 0 aliphatic carbocycles. The zero-order valence-electron chi connectivity index (χ0n) is 10.9. The van der Waals surface area contributed by atoms with Gasteiger partial charge in [-0.15, -0.1) is 0 Å². The molecule has 98 valence electrons. The number of H-pyrrole nitrogens is 1. The summed E-state index contributed by atoms with van der Waals surface area (Å²) in [4.78, 5) is 6.32. The van der Waals surface area contributed by atoms with Crippen LogP contribution in [-0.4, -0.2) is 35.5 Å². The molecule has 19 heavy (non-hydrogen) atoms. The average Bonchev–Trinajstić information content (AvgIpc) is 2.86. The highest BCUT2D eigenvalue weighted by molar-refractivity contribution is 5.79. The Kier molecular flexibility index (Phi) is 2.53. The first-order valence-electron chi connectivity index (χ1n) is 6.01. The number of fused-ring (bicyclic) bond motifs is 1. The molecule has 1 aromatic carbocycles. The maximum absolute atomic E-state index is 6.40. The van der Waals surface area contributed by atoms with E-state index in [0.717, 1.165) is 22.3 Å². The topological polar surface area (TPSA) is 82.3 Å². The molecule has 6 heteroatoms. The average molecular weight is 256 g/mol. The molecule has 1 aliphatic heterocycles. The van der Waals surface area contributed by atoms with Gasteiger partial charge in [0.1, 0.15) is 5.82 Å². The Balaban J connectivity index is 2.08. The van der Waals surface area contributed by atoms with Crippen LogP contribution in [0.2, 0.25) is 0 Å². The summed E-state index contributed by atoms with van der Waals surface area (Å²) < 4.78 is 0. The van der Waals surface area contributed by atoms with Gasteiger partial charge in [-0.25, -0.2) is 4.99 Å². The van der Waals surface area contributed by atoms with Crippen molar-refractivity contribution in [1.29, 1.82) is 0 Å². The minimum atomic E-state index is -0.851. The molecule has 0 fully saturated rings. The summed E-state index contributed by atoms with van der Waals surface area (Å²) >= 11 is 0. The molecular formula is C13H16N6. The molecule has 0 radical (unpaired) electrons. The Morgan fingerprint density at radius 2 is 2.16 bits per heavy atom. The molecule has 1 atom stereocenters. The Labute approximate surface area is 111 Å². The van der Waals surface area contributed by atoms with E-state index < -0.39 is 5.66 Å². The number of rotatable bonds is 2. The number of benzene rings is 1. The van der Waals surface area contributed by atoms with Crippen molar-refractivity contribution in [2.75, 3.05) is 14.1 Å². The van der Waals surface area contributed by atoms with E-state index in [4.69, 9.17) is 5.73 Å². The zero-order chi connectivity index (χ0) is 13.5. The fourth-order valence-corrected chi connectivity index (χ4v) is 2.10.